The summed E-state index contributed by atoms with van der Waals surface area (Å²) in [6.07, 6.45) is 1.87. The van der Waals surface area contributed by atoms with Crippen molar-refractivity contribution >= 4 is 10.8 Å². The molecular weight excluding hydrogens is 409 g/mol. The maximum absolute atomic E-state index is 13.8. The van der Waals surface area contributed by atoms with Gasteiger partial charge in [0.05, 0.1) is 6.61 Å². The van der Waals surface area contributed by atoms with Gasteiger partial charge in [-0.1, -0.05) is 54.3 Å². The van der Waals surface area contributed by atoms with Crippen LogP contribution in [0.4, 0.5) is 13.2 Å². The van der Waals surface area contributed by atoms with Gasteiger partial charge in [-0.05, 0) is 65.3 Å². The number of hydrogen-bond donors (Lipinski definition) is 0. The van der Waals surface area contributed by atoms with E-state index in [4.69, 9.17) is 4.74 Å². The Morgan fingerprint density at radius 2 is 1.22 bits per heavy atom. The lowest BCUT2D eigenvalue weighted by atomic mass is 10.0. The van der Waals surface area contributed by atoms with E-state index in [2.05, 4.69) is 48.2 Å². The summed E-state index contributed by atoms with van der Waals surface area (Å²) in [4.78, 5) is 0. The Morgan fingerprint density at radius 3 is 1.88 bits per heavy atom. The first kappa shape index (κ1) is 21.7. The standard InChI is InChI=1S/C28H21F3O/c1-32-18-23-12-9-21(10-13-23)7-4-19-2-5-20(6-3-19)8-11-22-14-15-25-24(16-22)17-26(29)28(31)27(25)30/h2-3,5-6,9-10,12-17H,4,7,18H2,1H3. The summed E-state index contributed by atoms with van der Waals surface area (Å²) in [5.74, 6) is 2.22. The summed E-state index contributed by atoms with van der Waals surface area (Å²) >= 11 is 0. The van der Waals surface area contributed by atoms with Crippen LogP contribution in [0.3, 0.4) is 0 Å². The van der Waals surface area contributed by atoms with E-state index >= 15 is 0 Å². The van der Waals surface area contributed by atoms with Gasteiger partial charge in [-0.25, -0.2) is 13.2 Å². The predicted octanol–water partition coefficient (Wildman–Crippen LogP) is 6.59. The number of rotatable bonds is 5. The molecule has 0 saturated heterocycles. The van der Waals surface area contributed by atoms with Crippen LogP contribution in [0, 0.1) is 29.3 Å². The maximum Gasteiger partial charge on any atom is 0.195 e. The Bertz CT molecular complexity index is 1300. The molecule has 0 amide bonds. The first-order valence-electron chi connectivity index (χ1n) is 10.3. The van der Waals surface area contributed by atoms with Gasteiger partial charge in [0.1, 0.15) is 0 Å². The van der Waals surface area contributed by atoms with Crippen LogP contribution in [0.25, 0.3) is 10.8 Å². The third-order valence-electron chi connectivity index (χ3n) is 5.31. The SMILES string of the molecule is COCc1ccc(CCc2ccc(C#Cc3ccc4c(F)c(F)c(F)cc4c3)cc2)cc1. The van der Waals surface area contributed by atoms with Gasteiger partial charge in [-0.3, -0.25) is 0 Å². The fraction of sp³-hybridized carbons (Fsp3) is 0.143. The van der Waals surface area contributed by atoms with Crippen molar-refractivity contribution in [1.82, 2.24) is 0 Å². The lowest BCUT2D eigenvalue weighted by Gasteiger charge is -2.05. The molecular formula is C28H21F3O. The normalized spacial score (nSPS) is 10.8. The summed E-state index contributed by atoms with van der Waals surface area (Å²) in [7, 11) is 1.69. The van der Waals surface area contributed by atoms with Gasteiger partial charge in [-0.2, -0.15) is 0 Å². The number of hydrogen-bond acceptors (Lipinski definition) is 1. The molecule has 0 unspecified atom stereocenters. The van der Waals surface area contributed by atoms with E-state index in [1.54, 1.807) is 19.2 Å². The summed E-state index contributed by atoms with van der Waals surface area (Å²) in [6, 6.07) is 22.0. The van der Waals surface area contributed by atoms with Crippen molar-refractivity contribution in [2.45, 2.75) is 19.4 Å². The van der Waals surface area contributed by atoms with Gasteiger partial charge in [0.25, 0.3) is 0 Å². The smallest absolute Gasteiger partial charge is 0.195 e. The Morgan fingerprint density at radius 1 is 0.656 bits per heavy atom. The zero-order chi connectivity index (χ0) is 22.5. The molecule has 4 aromatic carbocycles. The fourth-order valence-electron chi connectivity index (χ4n) is 3.54. The van der Waals surface area contributed by atoms with E-state index < -0.39 is 17.5 Å². The van der Waals surface area contributed by atoms with E-state index in [-0.39, 0.29) is 10.8 Å². The zero-order valence-corrected chi connectivity index (χ0v) is 17.6. The minimum absolute atomic E-state index is 0.0344. The molecule has 32 heavy (non-hydrogen) atoms. The van der Waals surface area contributed by atoms with Crippen molar-refractivity contribution in [3.05, 3.63) is 118 Å². The average Bonchev–Trinajstić information content (AvgIpc) is 2.81. The second-order valence-electron chi connectivity index (χ2n) is 7.62. The van der Waals surface area contributed by atoms with Crippen LogP contribution >= 0.6 is 0 Å². The number of aryl methyl sites for hydroxylation is 2. The van der Waals surface area contributed by atoms with Crippen LogP contribution in [-0.4, -0.2) is 7.11 Å². The second-order valence-corrected chi connectivity index (χ2v) is 7.62. The largest absolute Gasteiger partial charge is 0.380 e. The van der Waals surface area contributed by atoms with Crippen LogP contribution in [-0.2, 0) is 24.2 Å². The Kier molecular flexibility index (Phi) is 6.58. The molecule has 0 aliphatic carbocycles. The van der Waals surface area contributed by atoms with E-state index in [0.717, 1.165) is 30.0 Å². The number of ether oxygens (including phenoxy) is 1. The lowest BCUT2D eigenvalue weighted by molar-refractivity contribution is 0.185. The highest BCUT2D eigenvalue weighted by Gasteiger charge is 2.13. The van der Waals surface area contributed by atoms with Crippen LogP contribution in [0.5, 0.6) is 0 Å². The van der Waals surface area contributed by atoms with Crippen molar-refractivity contribution in [2.24, 2.45) is 0 Å². The fourth-order valence-corrected chi connectivity index (χ4v) is 3.54. The van der Waals surface area contributed by atoms with Crippen LogP contribution in [0.2, 0.25) is 0 Å². The quantitative estimate of drug-likeness (QED) is 0.256. The van der Waals surface area contributed by atoms with E-state index in [9.17, 15) is 13.2 Å². The molecule has 4 heteroatoms. The monoisotopic (exact) mass is 430 g/mol. The van der Waals surface area contributed by atoms with Crippen molar-refractivity contribution in [2.75, 3.05) is 7.11 Å². The molecule has 160 valence electrons. The molecule has 0 N–H and O–H groups in total. The first-order chi connectivity index (χ1) is 15.5. The first-order valence-corrected chi connectivity index (χ1v) is 10.3. The highest BCUT2D eigenvalue weighted by molar-refractivity contribution is 5.84. The van der Waals surface area contributed by atoms with Crippen molar-refractivity contribution in [3.63, 3.8) is 0 Å². The molecule has 0 fully saturated rings. The zero-order valence-electron chi connectivity index (χ0n) is 17.6. The van der Waals surface area contributed by atoms with Crippen molar-refractivity contribution < 1.29 is 17.9 Å². The molecule has 0 atom stereocenters. The molecule has 0 heterocycles. The molecule has 0 aliphatic rings. The third-order valence-corrected chi connectivity index (χ3v) is 5.31. The van der Waals surface area contributed by atoms with Gasteiger partial charge in [0.15, 0.2) is 17.5 Å². The molecule has 0 bridgehead atoms. The van der Waals surface area contributed by atoms with E-state index in [1.807, 2.05) is 12.1 Å². The van der Waals surface area contributed by atoms with Gasteiger partial charge in [0, 0.05) is 23.6 Å². The number of methoxy groups -OCH3 is 1. The third kappa shape index (κ3) is 5.01. The molecule has 1 nitrogen and oxygen atoms in total. The molecule has 0 radical (unpaired) electrons. The van der Waals surface area contributed by atoms with Crippen LogP contribution < -0.4 is 0 Å². The minimum Gasteiger partial charge on any atom is -0.380 e. The molecule has 0 aliphatic heterocycles. The summed E-state index contributed by atoms with van der Waals surface area (Å²) < 4.78 is 45.8. The van der Waals surface area contributed by atoms with Crippen molar-refractivity contribution in [1.29, 1.82) is 0 Å². The lowest BCUT2D eigenvalue weighted by Crippen LogP contribution is -1.93. The molecule has 4 rings (SSSR count). The highest BCUT2D eigenvalue weighted by Crippen LogP contribution is 2.24. The highest BCUT2D eigenvalue weighted by atomic mass is 19.2. The van der Waals surface area contributed by atoms with Crippen LogP contribution in [0.15, 0.2) is 72.8 Å². The van der Waals surface area contributed by atoms with E-state index in [0.29, 0.717) is 12.2 Å². The van der Waals surface area contributed by atoms with Crippen LogP contribution in [0.1, 0.15) is 27.8 Å². The molecule has 0 saturated carbocycles. The maximum atomic E-state index is 13.8. The topological polar surface area (TPSA) is 9.23 Å². The average molecular weight is 430 g/mol. The number of benzene rings is 4. The number of halogens is 3. The van der Waals surface area contributed by atoms with Gasteiger partial charge >= 0.3 is 0 Å². The molecule has 0 aromatic heterocycles. The van der Waals surface area contributed by atoms with E-state index in [1.165, 1.54) is 17.2 Å². The Labute approximate surface area is 185 Å². The van der Waals surface area contributed by atoms with Crippen molar-refractivity contribution in [3.8, 4) is 11.8 Å². The minimum atomic E-state index is -1.46. The Hall–Kier alpha value is -3.55. The van der Waals surface area contributed by atoms with Gasteiger partial charge in [0.2, 0.25) is 0 Å². The summed E-state index contributed by atoms with van der Waals surface area (Å²) in [6.45, 7) is 0.619. The summed E-state index contributed by atoms with van der Waals surface area (Å²) in [5, 5.41) is 0.311. The Balaban J connectivity index is 1.42. The summed E-state index contributed by atoms with van der Waals surface area (Å²) in [5.41, 5.74) is 5.10. The predicted molar refractivity (Wildman–Crippen MR) is 121 cm³/mol. The second kappa shape index (κ2) is 9.72. The molecule has 4 aromatic rings. The number of fused-ring (bicyclic) bond motifs is 1. The van der Waals surface area contributed by atoms with Gasteiger partial charge in [-0.15, -0.1) is 0 Å². The molecule has 0 spiro atoms. The van der Waals surface area contributed by atoms with Gasteiger partial charge < -0.3 is 4.74 Å².